The zero-order valence-corrected chi connectivity index (χ0v) is 9.31. The average molecular weight is 234 g/mol. The van der Waals surface area contributed by atoms with E-state index in [-0.39, 0.29) is 12.0 Å². The molecule has 1 rings (SSSR count). The van der Waals surface area contributed by atoms with Gasteiger partial charge in [0, 0.05) is 5.02 Å². The normalized spacial score (nSPS) is 12.6. The zero-order chi connectivity index (χ0) is 10.6. The SMILES string of the molecule is COc1ccc(Cl)cc1SC(N)CO. The highest BCUT2D eigenvalue weighted by atomic mass is 35.5. The first-order valence-corrected chi connectivity index (χ1v) is 5.29. The minimum atomic E-state index is -0.359. The molecule has 0 aromatic heterocycles. The molecule has 1 unspecified atom stereocenters. The molecule has 0 aliphatic heterocycles. The summed E-state index contributed by atoms with van der Waals surface area (Å²) in [5, 5.41) is 9.07. The first-order valence-electron chi connectivity index (χ1n) is 4.04. The van der Waals surface area contributed by atoms with Crippen LogP contribution < -0.4 is 10.5 Å². The maximum atomic E-state index is 8.81. The summed E-state index contributed by atoms with van der Waals surface area (Å²) in [4.78, 5) is 0.835. The summed E-state index contributed by atoms with van der Waals surface area (Å²) in [6.45, 7) is -0.0830. The van der Waals surface area contributed by atoms with Crippen LogP contribution in [0.3, 0.4) is 0 Å². The van der Waals surface area contributed by atoms with E-state index in [4.69, 9.17) is 27.2 Å². The van der Waals surface area contributed by atoms with E-state index < -0.39 is 0 Å². The maximum Gasteiger partial charge on any atom is 0.132 e. The molecule has 0 bridgehead atoms. The van der Waals surface area contributed by atoms with Gasteiger partial charge in [-0.15, -0.1) is 11.8 Å². The van der Waals surface area contributed by atoms with Crippen molar-refractivity contribution in [1.29, 1.82) is 0 Å². The molecular formula is C9H12ClNO2S. The Hall–Kier alpha value is -0.420. The molecule has 5 heteroatoms. The number of benzene rings is 1. The van der Waals surface area contributed by atoms with E-state index in [1.165, 1.54) is 11.8 Å². The summed E-state index contributed by atoms with van der Waals surface area (Å²) in [6, 6.07) is 5.28. The van der Waals surface area contributed by atoms with E-state index in [0.717, 1.165) is 4.90 Å². The average Bonchev–Trinajstić information content (AvgIpc) is 2.18. The van der Waals surface area contributed by atoms with Gasteiger partial charge in [0.15, 0.2) is 0 Å². The van der Waals surface area contributed by atoms with Crippen LogP contribution in [-0.2, 0) is 0 Å². The fraction of sp³-hybridized carbons (Fsp3) is 0.333. The van der Waals surface area contributed by atoms with Crippen molar-refractivity contribution in [2.75, 3.05) is 13.7 Å². The Morgan fingerprint density at radius 3 is 2.93 bits per heavy atom. The zero-order valence-electron chi connectivity index (χ0n) is 7.74. The van der Waals surface area contributed by atoms with Gasteiger partial charge < -0.3 is 15.6 Å². The third-order valence-electron chi connectivity index (χ3n) is 1.58. The number of thioether (sulfide) groups is 1. The Morgan fingerprint density at radius 2 is 2.36 bits per heavy atom. The topological polar surface area (TPSA) is 55.5 Å². The second-order valence-corrected chi connectivity index (χ2v) is 4.35. The molecule has 1 atom stereocenters. The van der Waals surface area contributed by atoms with Crippen molar-refractivity contribution in [1.82, 2.24) is 0 Å². The molecule has 78 valence electrons. The van der Waals surface area contributed by atoms with E-state index in [9.17, 15) is 0 Å². The number of nitrogens with two attached hydrogens (primary N) is 1. The molecule has 14 heavy (non-hydrogen) atoms. The van der Waals surface area contributed by atoms with Crippen LogP contribution in [0.15, 0.2) is 23.1 Å². The lowest BCUT2D eigenvalue weighted by Gasteiger charge is -2.11. The van der Waals surface area contributed by atoms with Crippen LogP contribution in [0.2, 0.25) is 5.02 Å². The van der Waals surface area contributed by atoms with Crippen LogP contribution in [0.5, 0.6) is 5.75 Å². The molecule has 0 radical (unpaired) electrons. The largest absolute Gasteiger partial charge is 0.496 e. The van der Waals surface area contributed by atoms with E-state index in [0.29, 0.717) is 10.8 Å². The van der Waals surface area contributed by atoms with Crippen molar-refractivity contribution < 1.29 is 9.84 Å². The van der Waals surface area contributed by atoms with E-state index in [2.05, 4.69) is 0 Å². The number of halogens is 1. The molecule has 1 aromatic carbocycles. The summed E-state index contributed by atoms with van der Waals surface area (Å²) in [6.07, 6.45) is 0. The lowest BCUT2D eigenvalue weighted by atomic mass is 10.3. The molecule has 0 saturated carbocycles. The van der Waals surface area contributed by atoms with Gasteiger partial charge in [0.25, 0.3) is 0 Å². The minimum absolute atomic E-state index is 0.0830. The molecule has 0 heterocycles. The molecule has 3 N–H and O–H groups in total. The Morgan fingerprint density at radius 1 is 1.64 bits per heavy atom. The highest BCUT2D eigenvalue weighted by molar-refractivity contribution is 8.00. The molecule has 0 amide bonds. The maximum absolute atomic E-state index is 8.81. The standard InChI is InChI=1S/C9H12ClNO2S/c1-13-7-3-2-6(10)4-8(7)14-9(11)5-12/h2-4,9,12H,5,11H2,1H3. The third kappa shape index (κ3) is 3.06. The number of methoxy groups -OCH3 is 1. The van der Waals surface area contributed by atoms with E-state index >= 15 is 0 Å². The van der Waals surface area contributed by atoms with E-state index in [1.807, 2.05) is 0 Å². The Labute approximate surface area is 92.2 Å². The molecule has 1 aromatic rings. The predicted molar refractivity (Wildman–Crippen MR) is 58.9 cm³/mol. The first-order chi connectivity index (χ1) is 6.67. The molecular weight excluding hydrogens is 222 g/mol. The predicted octanol–water partition coefficient (Wildman–Crippen LogP) is 1.72. The quantitative estimate of drug-likeness (QED) is 0.614. The Kier molecular flexibility index (Phi) is 4.54. The summed E-state index contributed by atoms with van der Waals surface area (Å²) in [5.41, 5.74) is 5.59. The number of aliphatic hydroxyl groups is 1. The van der Waals surface area contributed by atoms with Crippen molar-refractivity contribution in [3.63, 3.8) is 0 Å². The Bertz CT molecular complexity index is 309. The van der Waals surface area contributed by atoms with Gasteiger partial charge in [0.05, 0.1) is 24.0 Å². The van der Waals surface area contributed by atoms with Gasteiger partial charge in [-0.3, -0.25) is 0 Å². The van der Waals surface area contributed by atoms with Crippen LogP contribution in [0, 0.1) is 0 Å². The van der Waals surface area contributed by atoms with Crippen molar-refractivity contribution in [3.05, 3.63) is 23.2 Å². The van der Waals surface area contributed by atoms with Gasteiger partial charge in [-0.2, -0.15) is 0 Å². The second kappa shape index (κ2) is 5.46. The fourth-order valence-electron chi connectivity index (χ4n) is 0.943. The van der Waals surface area contributed by atoms with Crippen molar-refractivity contribution in [2.24, 2.45) is 5.73 Å². The van der Waals surface area contributed by atoms with Gasteiger partial charge in [-0.1, -0.05) is 11.6 Å². The lowest BCUT2D eigenvalue weighted by Crippen LogP contribution is -2.19. The van der Waals surface area contributed by atoms with Crippen LogP contribution in [0.25, 0.3) is 0 Å². The summed E-state index contributed by atoms with van der Waals surface area (Å²) in [5.74, 6) is 0.711. The molecule has 0 aliphatic carbocycles. The van der Waals surface area contributed by atoms with Crippen LogP contribution in [-0.4, -0.2) is 24.2 Å². The molecule has 0 saturated heterocycles. The monoisotopic (exact) mass is 233 g/mol. The fourth-order valence-corrected chi connectivity index (χ4v) is 2.04. The number of ether oxygens (including phenoxy) is 1. The van der Waals surface area contributed by atoms with Crippen molar-refractivity contribution in [2.45, 2.75) is 10.3 Å². The van der Waals surface area contributed by atoms with Gasteiger partial charge in [-0.25, -0.2) is 0 Å². The highest BCUT2D eigenvalue weighted by Crippen LogP contribution is 2.32. The lowest BCUT2D eigenvalue weighted by molar-refractivity contribution is 0.296. The summed E-state index contributed by atoms with van der Waals surface area (Å²) < 4.78 is 5.13. The summed E-state index contributed by atoms with van der Waals surface area (Å²) >= 11 is 7.16. The number of rotatable bonds is 4. The van der Waals surface area contributed by atoms with Gasteiger partial charge >= 0.3 is 0 Å². The Balaban J connectivity index is 2.87. The smallest absolute Gasteiger partial charge is 0.132 e. The van der Waals surface area contributed by atoms with Gasteiger partial charge in [0.2, 0.25) is 0 Å². The minimum Gasteiger partial charge on any atom is -0.496 e. The highest BCUT2D eigenvalue weighted by Gasteiger charge is 2.08. The van der Waals surface area contributed by atoms with Crippen molar-refractivity contribution >= 4 is 23.4 Å². The summed E-state index contributed by atoms with van der Waals surface area (Å²) in [7, 11) is 1.58. The number of hydrogen-bond acceptors (Lipinski definition) is 4. The third-order valence-corrected chi connectivity index (χ3v) is 2.84. The van der Waals surface area contributed by atoms with Crippen LogP contribution >= 0.6 is 23.4 Å². The molecule has 0 spiro atoms. The van der Waals surface area contributed by atoms with Crippen LogP contribution in [0.4, 0.5) is 0 Å². The van der Waals surface area contributed by atoms with E-state index in [1.54, 1.807) is 25.3 Å². The molecule has 0 aliphatic rings. The number of aliphatic hydroxyl groups excluding tert-OH is 1. The van der Waals surface area contributed by atoms with Crippen molar-refractivity contribution in [3.8, 4) is 5.75 Å². The molecule has 3 nitrogen and oxygen atoms in total. The van der Waals surface area contributed by atoms with Crippen LogP contribution in [0.1, 0.15) is 0 Å². The molecule has 0 fully saturated rings. The first kappa shape index (κ1) is 11.7. The van der Waals surface area contributed by atoms with Gasteiger partial charge in [0.1, 0.15) is 5.75 Å². The van der Waals surface area contributed by atoms with Gasteiger partial charge in [-0.05, 0) is 18.2 Å². The second-order valence-electron chi connectivity index (χ2n) is 2.63. The number of hydrogen-bond donors (Lipinski definition) is 2.